The molecule has 156 valence electrons. The Morgan fingerprint density at radius 1 is 1.47 bits per heavy atom. The van der Waals surface area contributed by atoms with Gasteiger partial charge in [-0.05, 0) is 56.4 Å². The second-order valence-corrected chi connectivity index (χ2v) is 10.1. The summed E-state index contributed by atoms with van der Waals surface area (Å²) in [6.45, 7) is 7.81. The van der Waals surface area contributed by atoms with Gasteiger partial charge in [0.25, 0.3) is 5.56 Å². The zero-order valence-corrected chi connectivity index (χ0v) is 19.2. The monoisotopic (exact) mass is 459 g/mol. The van der Waals surface area contributed by atoms with Gasteiger partial charge in [-0.1, -0.05) is 35.5 Å². The largest absolute Gasteiger partial charge is 0.325 e. The average molecular weight is 460 g/mol. The number of fused-ring (bicyclic) bond motifs is 3. The van der Waals surface area contributed by atoms with E-state index in [2.05, 4.69) is 11.9 Å². The summed E-state index contributed by atoms with van der Waals surface area (Å²) in [6.07, 6.45) is 4.72. The van der Waals surface area contributed by atoms with Gasteiger partial charge in [-0.25, -0.2) is 4.98 Å². The zero-order chi connectivity index (χ0) is 21.4. The van der Waals surface area contributed by atoms with E-state index in [4.69, 9.17) is 16.6 Å². The molecule has 0 bridgehead atoms. The molecule has 0 spiro atoms. The lowest BCUT2D eigenvalue weighted by atomic mass is 10.2. The van der Waals surface area contributed by atoms with Crippen molar-refractivity contribution in [2.24, 2.45) is 0 Å². The number of thioether (sulfide) groups is 1. The Balaban J connectivity index is 1.64. The fraction of sp³-hybridized carbons (Fsp3) is 0.318. The molecule has 30 heavy (non-hydrogen) atoms. The van der Waals surface area contributed by atoms with Gasteiger partial charge in [-0.3, -0.25) is 14.2 Å². The van der Waals surface area contributed by atoms with Gasteiger partial charge in [0.05, 0.1) is 10.6 Å². The summed E-state index contributed by atoms with van der Waals surface area (Å²) in [5.41, 5.74) is 2.62. The van der Waals surface area contributed by atoms with Gasteiger partial charge in [-0.15, -0.1) is 17.9 Å². The summed E-state index contributed by atoms with van der Waals surface area (Å²) in [6, 6.07) is 5.41. The normalized spacial score (nSPS) is 14.0. The SMILES string of the molecule is C=CCn1c(S[C@H](C)C(=O)Nc2cccc(Cl)c2C)nc2sc3c(c2c1=O)CCC3. The maximum atomic E-state index is 13.2. The quantitative estimate of drug-likeness (QED) is 0.312. The minimum atomic E-state index is -0.449. The molecule has 0 saturated carbocycles. The molecule has 1 aliphatic rings. The van der Waals surface area contributed by atoms with Crippen LogP contribution in [-0.2, 0) is 24.2 Å². The number of hydrogen-bond acceptors (Lipinski definition) is 5. The Morgan fingerprint density at radius 3 is 3.03 bits per heavy atom. The van der Waals surface area contributed by atoms with Crippen LogP contribution in [-0.4, -0.2) is 20.7 Å². The van der Waals surface area contributed by atoms with Crippen LogP contribution in [0.3, 0.4) is 0 Å². The van der Waals surface area contributed by atoms with Crippen LogP contribution in [0.25, 0.3) is 10.2 Å². The summed E-state index contributed by atoms with van der Waals surface area (Å²) < 4.78 is 1.62. The van der Waals surface area contributed by atoms with Crippen molar-refractivity contribution in [3.05, 3.63) is 62.2 Å². The molecule has 5 nitrogen and oxygen atoms in total. The first-order chi connectivity index (χ1) is 14.4. The first kappa shape index (κ1) is 21.2. The van der Waals surface area contributed by atoms with Crippen LogP contribution in [0.5, 0.6) is 0 Å². The van der Waals surface area contributed by atoms with Crippen molar-refractivity contribution in [1.29, 1.82) is 0 Å². The standard InChI is InChI=1S/C22H22ClN3O2S2/c1-4-11-26-21(28)18-14-7-5-10-17(14)30-20(18)25-22(26)29-13(3)19(27)24-16-9-6-8-15(23)12(16)2/h4,6,8-9,13H,1,5,7,10-11H2,2-3H3,(H,24,27)/t13-/m1/s1. The van der Waals surface area contributed by atoms with Crippen LogP contribution in [0.1, 0.15) is 29.3 Å². The molecule has 2 heterocycles. The van der Waals surface area contributed by atoms with Crippen LogP contribution in [0, 0.1) is 6.92 Å². The van der Waals surface area contributed by atoms with Gasteiger partial charge in [0.1, 0.15) is 4.83 Å². The molecular weight excluding hydrogens is 438 g/mol. The minimum Gasteiger partial charge on any atom is -0.325 e. The van der Waals surface area contributed by atoms with E-state index in [1.165, 1.54) is 16.6 Å². The van der Waals surface area contributed by atoms with E-state index in [0.717, 1.165) is 40.6 Å². The van der Waals surface area contributed by atoms with Crippen molar-refractivity contribution in [1.82, 2.24) is 9.55 Å². The van der Waals surface area contributed by atoms with E-state index in [-0.39, 0.29) is 11.5 Å². The fourth-order valence-corrected chi connectivity index (χ4v) is 6.02. The number of benzene rings is 1. The Morgan fingerprint density at radius 2 is 2.27 bits per heavy atom. The minimum absolute atomic E-state index is 0.0416. The van der Waals surface area contributed by atoms with E-state index < -0.39 is 5.25 Å². The molecule has 3 aromatic rings. The van der Waals surface area contributed by atoms with Crippen molar-refractivity contribution in [2.75, 3.05) is 5.32 Å². The Bertz CT molecular complexity index is 1220. The van der Waals surface area contributed by atoms with Gasteiger partial charge < -0.3 is 5.32 Å². The lowest BCUT2D eigenvalue weighted by molar-refractivity contribution is -0.115. The number of nitrogens with zero attached hydrogens (tertiary/aromatic N) is 2. The first-order valence-corrected chi connectivity index (χ1v) is 11.9. The van der Waals surface area contributed by atoms with E-state index in [9.17, 15) is 9.59 Å². The molecular formula is C22H22ClN3O2S2. The summed E-state index contributed by atoms with van der Waals surface area (Å²) in [4.78, 5) is 32.9. The van der Waals surface area contributed by atoms with E-state index in [1.54, 1.807) is 34.1 Å². The summed E-state index contributed by atoms with van der Waals surface area (Å²) in [5.74, 6) is -0.168. The van der Waals surface area contributed by atoms with Gasteiger partial charge in [0.2, 0.25) is 5.91 Å². The molecule has 0 aliphatic heterocycles. The highest BCUT2D eigenvalue weighted by atomic mass is 35.5. The fourth-order valence-electron chi connectivity index (χ4n) is 3.63. The number of halogens is 1. The van der Waals surface area contributed by atoms with Crippen LogP contribution < -0.4 is 10.9 Å². The van der Waals surface area contributed by atoms with Crippen molar-refractivity contribution in [3.8, 4) is 0 Å². The number of amides is 1. The molecule has 0 radical (unpaired) electrons. The van der Waals surface area contributed by atoms with E-state index in [0.29, 0.717) is 22.4 Å². The smallest absolute Gasteiger partial charge is 0.263 e. The van der Waals surface area contributed by atoms with E-state index >= 15 is 0 Å². The van der Waals surface area contributed by atoms with Gasteiger partial charge in [0, 0.05) is 22.1 Å². The lowest BCUT2D eigenvalue weighted by Crippen LogP contribution is -2.27. The zero-order valence-electron chi connectivity index (χ0n) is 16.8. The summed E-state index contributed by atoms with van der Waals surface area (Å²) in [5, 5.41) is 4.36. The molecule has 4 rings (SSSR count). The number of rotatable bonds is 6. The molecule has 1 aliphatic carbocycles. The maximum absolute atomic E-state index is 13.2. The van der Waals surface area contributed by atoms with Crippen LogP contribution >= 0.6 is 34.7 Å². The van der Waals surface area contributed by atoms with Gasteiger partial charge >= 0.3 is 0 Å². The lowest BCUT2D eigenvalue weighted by Gasteiger charge is -2.16. The van der Waals surface area contributed by atoms with Crippen LogP contribution in [0.2, 0.25) is 5.02 Å². The number of carbonyl (C=O) groups excluding carboxylic acids is 1. The van der Waals surface area contributed by atoms with Gasteiger partial charge in [-0.2, -0.15) is 0 Å². The molecule has 2 aromatic heterocycles. The third-order valence-corrected chi connectivity index (χ3v) is 7.96. The summed E-state index contributed by atoms with van der Waals surface area (Å²) >= 11 is 9.04. The molecule has 1 amide bonds. The maximum Gasteiger partial charge on any atom is 0.263 e. The third-order valence-electron chi connectivity index (χ3n) is 5.28. The number of anilines is 1. The number of aromatic nitrogens is 2. The molecule has 0 unspecified atom stereocenters. The van der Waals surface area contributed by atoms with Crippen molar-refractivity contribution in [3.63, 3.8) is 0 Å². The highest BCUT2D eigenvalue weighted by Gasteiger charge is 2.25. The molecule has 0 saturated heterocycles. The van der Waals surface area contributed by atoms with Crippen molar-refractivity contribution >= 4 is 56.5 Å². The first-order valence-electron chi connectivity index (χ1n) is 9.79. The van der Waals surface area contributed by atoms with Crippen LogP contribution in [0.15, 0.2) is 40.8 Å². The molecule has 1 aromatic carbocycles. The van der Waals surface area contributed by atoms with Gasteiger partial charge in [0.15, 0.2) is 5.16 Å². The Hall–Kier alpha value is -2.09. The predicted octanol–water partition coefficient (Wildman–Crippen LogP) is 5.21. The van der Waals surface area contributed by atoms with Crippen molar-refractivity contribution in [2.45, 2.75) is 50.1 Å². The number of allylic oxidation sites excluding steroid dienone is 1. The van der Waals surface area contributed by atoms with Crippen molar-refractivity contribution < 1.29 is 4.79 Å². The average Bonchev–Trinajstić information content (AvgIpc) is 3.29. The number of hydrogen-bond donors (Lipinski definition) is 1. The Labute approximate surface area is 188 Å². The molecule has 1 N–H and O–H groups in total. The van der Waals surface area contributed by atoms with E-state index in [1.807, 2.05) is 19.9 Å². The molecule has 0 fully saturated rings. The second kappa shape index (κ2) is 8.57. The van der Waals surface area contributed by atoms with Crippen LogP contribution in [0.4, 0.5) is 5.69 Å². The molecule has 8 heteroatoms. The molecule has 1 atom stereocenters. The number of aryl methyl sites for hydroxylation is 2. The summed E-state index contributed by atoms with van der Waals surface area (Å²) in [7, 11) is 0. The third kappa shape index (κ3) is 3.82. The Kier molecular flexibility index (Phi) is 6.04. The highest BCUT2D eigenvalue weighted by molar-refractivity contribution is 8.00. The topological polar surface area (TPSA) is 64.0 Å². The predicted molar refractivity (Wildman–Crippen MR) is 126 cm³/mol. The second-order valence-electron chi connectivity index (χ2n) is 7.30. The number of thiophene rings is 1. The number of nitrogens with one attached hydrogen (secondary N) is 1. The number of carbonyl (C=O) groups is 1. The highest BCUT2D eigenvalue weighted by Crippen LogP contribution is 2.36.